The van der Waals surface area contributed by atoms with Gasteiger partial charge in [0.25, 0.3) is 0 Å². The van der Waals surface area contributed by atoms with Crippen molar-refractivity contribution in [3.63, 3.8) is 0 Å². The first-order chi connectivity index (χ1) is 14.2. The van der Waals surface area contributed by atoms with Gasteiger partial charge in [-0.25, -0.2) is 9.78 Å². The number of benzene rings is 1. The van der Waals surface area contributed by atoms with Crippen molar-refractivity contribution in [2.75, 3.05) is 31.3 Å². The van der Waals surface area contributed by atoms with Crippen molar-refractivity contribution in [2.45, 2.75) is 49.7 Å². The van der Waals surface area contributed by atoms with Gasteiger partial charge in [0.05, 0.1) is 6.61 Å². The number of piperidine rings is 1. The molecule has 7 nitrogen and oxygen atoms in total. The van der Waals surface area contributed by atoms with Crippen LogP contribution in [0.5, 0.6) is 0 Å². The topological polar surface area (TPSA) is 80.2 Å². The number of likely N-dealkylation sites (tertiary alicyclic amines) is 1. The molecule has 2 heterocycles. The molecule has 1 aromatic carbocycles. The van der Waals surface area contributed by atoms with Gasteiger partial charge in [0.15, 0.2) is 5.82 Å². The molecule has 0 bridgehead atoms. The van der Waals surface area contributed by atoms with Gasteiger partial charge >= 0.3 is 5.97 Å². The van der Waals surface area contributed by atoms with E-state index in [0.29, 0.717) is 16.9 Å². The predicted molar refractivity (Wildman–Crippen MR) is 114 cm³/mol. The number of rotatable bonds is 7. The average molecular weight is 414 g/mol. The number of carbonyl (C=O) groups excluding carboxylic acids is 1. The Morgan fingerprint density at radius 3 is 2.52 bits per heavy atom. The number of aromatic nitrogens is 3. The van der Waals surface area contributed by atoms with Gasteiger partial charge in [-0.3, -0.25) is 0 Å². The van der Waals surface area contributed by atoms with Crippen LogP contribution in [0.4, 0.5) is 11.5 Å². The molecule has 1 aliphatic carbocycles. The minimum Gasteiger partial charge on any atom is -0.461 e. The minimum atomic E-state index is -0.526. The lowest BCUT2D eigenvalue weighted by atomic mass is 9.89. The van der Waals surface area contributed by atoms with E-state index in [0.717, 1.165) is 11.7 Å². The highest BCUT2D eigenvalue weighted by atomic mass is 32.2. The Kier molecular flexibility index (Phi) is 6.30. The first kappa shape index (κ1) is 20.1. The van der Waals surface area contributed by atoms with Crippen molar-refractivity contribution < 1.29 is 9.53 Å². The summed E-state index contributed by atoms with van der Waals surface area (Å²) in [6, 6.07) is 9.29. The van der Waals surface area contributed by atoms with Crippen molar-refractivity contribution in [1.29, 1.82) is 0 Å². The zero-order valence-electron chi connectivity index (χ0n) is 16.9. The number of esters is 1. The lowest BCUT2D eigenvalue weighted by Gasteiger charge is -2.32. The molecule has 0 radical (unpaired) electrons. The number of thioether (sulfide) groups is 1. The van der Waals surface area contributed by atoms with Gasteiger partial charge in [-0.2, -0.15) is 0 Å². The lowest BCUT2D eigenvalue weighted by Crippen LogP contribution is -2.34. The van der Waals surface area contributed by atoms with Gasteiger partial charge in [0, 0.05) is 11.7 Å². The van der Waals surface area contributed by atoms with Crippen LogP contribution in [0.2, 0.25) is 0 Å². The second-order valence-corrected chi connectivity index (χ2v) is 8.28. The fourth-order valence-electron chi connectivity index (χ4n) is 3.83. The van der Waals surface area contributed by atoms with E-state index in [1.165, 1.54) is 56.1 Å². The van der Waals surface area contributed by atoms with Gasteiger partial charge in [0.1, 0.15) is 0 Å². The molecule has 1 aliphatic heterocycles. The maximum absolute atomic E-state index is 12.2. The summed E-state index contributed by atoms with van der Waals surface area (Å²) < 4.78 is 5.08. The third-order valence-corrected chi connectivity index (χ3v) is 6.09. The monoisotopic (exact) mass is 413 g/mol. The SMILES string of the molecule is CCOC(=O)c1nnc(SC)nc1Nc1ccc(C2CCN(C3CC3)CC2)cc1. The van der Waals surface area contributed by atoms with Crippen LogP contribution in [0.25, 0.3) is 0 Å². The summed E-state index contributed by atoms with van der Waals surface area (Å²) in [5.74, 6) is 0.466. The fraction of sp³-hybridized carbons (Fsp3) is 0.524. The van der Waals surface area contributed by atoms with Crippen LogP contribution in [-0.4, -0.2) is 58.0 Å². The summed E-state index contributed by atoms with van der Waals surface area (Å²) in [7, 11) is 0. The summed E-state index contributed by atoms with van der Waals surface area (Å²) in [4.78, 5) is 19.2. The molecule has 0 spiro atoms. The molecule has 2 aromatic rings. The molecule has 1 saturated heterocycles. The number of hydrogen-bond donors (Lipinski definition) is 1. The molecule has 4 rings (SSSR count). The molecular formula is C21H27N5O2S. The first-order valence-corrected chi connectivity index (χ1v) is 11.5. The van der Waals surface area contributed by atoms with E-state index in [-0.39, 0.29) is 12.3 Å². The number of anilines is 2. The normalized spacial score (nSPS) is 17.9. The van der Waals surface area contributed by atoms with Crippen molar-refractivity contribution in [1.82, 2.24) is 20.1 Å². The minimum absolute atomic E-state index is 0.0983. The summed E-state index contributed by atoms with van der Waals surface area (Å²) in [5.41, 5.74) is 2.34. The maximum atomic E-state index is 12.2. The quantitative estimate of drug-likeness (QED) is 0.541. The van der Waals surface area contributed by atoms with E-state index >= 15 is 0 Å². The van der Waals surface area contributed by atoms with Gasteiger partial charge in [-0.15, -0.1) is 10.2 Å². The van der Waals surface area contributed by atoms with Crippen LogP contribution >= 0.6 is 11.8 Å². The van der Waals surface area contributed by atoms with Crippen LogP contribution in [0.15, 0.2) is 29.4 Å². The summed E-state index contributed by atoms with van der Waals surface area (Å²) >= 11 is 1.37. The molecule has 1 aromatic heterocycles. The Labute approximate surface area is 175 Å². The van der Waals surface area contributed by atoms with Crippen LogP contribution in [0.3, 0.4) is 0 Å². The van der Waals surface area contributed by atoms with Crippen LogP contribution in [0.1, 0.15) is 54.6 Å². The van der Waals surface area contributed by atoms with Gasteiger partial charge in [0.2, 0.25) is 10.9 Å². The third kappa shape index (κ3) is 4.87. The second kappa shape index (κ2) is 9.09. The van der Waals surface area contributed by atoms with E-state index < -0.39 is 5.97 Å². The smallest absolute Gasteiger partial charge is 0.362 e. The average Bonchev–Trinajstić information content (AvgIpc) is 3.60. The molecule has 2 aliphatic rings. The molecule has 0 unspecified atom stereocenters. The molecular weight excluding hydrogens is 386 g/mol. The van der Waals surface area contributed by atoms with Gasteiger partial charge < -0.3 is 15.0 Å². The molecule has 29 heavy (non-hydrogen) atoms. The lowest BCUT2D eigenvalue weighted by molar-refractivity contribution is 0.0518. The van der Waals surface area contributed by atoms with Crippen molar-refractivity contribution in [3.8, 4) is 0 Å². The number of nitrogens with one attached hydrogen (secondary N) is 1. The Morgan fingerprint density at radius 2 is 1.90 bits per heavy atom. The molecule has 0 amide bonds. The van der Waals surface area contributed by atoms with Crippen LogP contribution in [-0.2, 0) is 4.74 Å². The van der Waals surface area contributed by atoms with Gasteiger partial charge in [-0.1, -0.05) is 23.9 Å². The van der Waals surface area contributed by atoms with Crippen molar-refractivity contribution >= 4 is 29.2 Å². The molecule has 1 saturated carbocycles. The third-order valence-electron chi connectivity index (χ3n) is 5.56. The highest BCUT2D eigenvalue weighted by molar-refractivity contribution is 7.98. The summed E-state index contributed by atoms with van der Waals surface area (Å²) in [5, 5.41) is 11.7. The van der Waals surface area contributed by atoms with E-state index in [4.69, 9.17) is 4.74 Å². The first-order valence-electron chi connectivity index (χ1n) is 10.2. The second-order valence-electron chi connectivity index (χ2n) is 7.50. The Morgan fingerprint density at radius 1 is 1.17 bits per heavy atom. The van der Waals surface area contributed by atoms with E-state index in [2.05, 4.69) is 37.5 Å². The molecule has 2 fully saturated rings. The number of nitrogens with zero attached hydrogens (tertiary/aromatic N) is 4. The Hall–Kier alpha value is -2.19. The molecule has 154 valence electrons. The van der Waals surface area contributed by atoms with E-state index in [1.807, 2.05) is 18.4 Å². The molecule has 0 atom stereocenters. The van der Waals surface area contributed by atoms with Crippen LogP contribution < -0.4 is 5.32 Å². The van der Waals surface area contributed by atoms with Crippen molar-refractivity contribution in [3.05, 3.63) is 35.5 Å². The summed E-state index contributed by atoms with van der Waals surface area (Å²) in [6.07, 6.45) is 7.09. The Balaban J connectivity index is 1.45. The fourth-order valence-corrected chi connectivity index (χ4v) is 4.14. The summed E-state index contributed by atoms with van der Waals surface area (Å²) in [6.45, 7) is 4.46. The molecule has 8 heteroatoms. The van der Waals surface area contributed by atoms with E-state index in [1.54, 1.807) is 6.92 Å². The van der Waals surface area contributed by atoms with Gasteiger partial charge in [-0.05, 0) is 75.6 Å². The largest absolute Gasteiger partial charge is 0.461 e. The Bertz CT molecular complexity index is 849. The zero-order chi connectivity index (χ0) is 20.2. The maximum Gasteiger partial charge on any atom is 0.362 e. The predicted octanol–water partition coefficient (Wildman–Crippen LogP) is 3.86. The zero-order valence-corrected chi connectivity index (χ0v) is 17.7. The van der Waals surface area contributed by atoms with Crippen LogP contribution in [0, 0.1) is 0 Å². The highest BCUT2D eigenvalue weighted by Gasteiger charge is 2.32. The number of hydrogen-bond acceptors (Lipinski definition) is 8. The number of ether oxygens (including phenoxy) is 1. The molecule has 1 N–H and O–H groups in total. The standard InChI is InChI=1S/C21H27N5O2S/c1-3-28-20(27)18-19(23-21(29-2)25-24-18)22-16-6-4-14(5-7-16)15-10-12-26(13-11-15)17-8-9-17/h4-7,15,17H,3,8-13H2,1-2H3,(H,22,23,25). The highest BCUT2D eigenvalue weighted by Crippen LogP contribution is 2.35. The van der Waals surface area contributed by atoms with E-state index in [9.17, 15) is 4.79 Å². The number of carbonyl (C=O) groups is 1. The van der Waals surface area contributed by atoms with Crippen molar-refractivity contribution in [2.24, 2.45) is 0 Å².